The lowest BCUT2D eigenvalue weighted by Crippen LogP contribution is -2.49. The highest BCUT2D eigenvalue weighted by atomic mass is 19.4. The summed E-state index contributed by atoms with van der Waals surface area (Å²) >= 11 is 0. The van der Waals surface area contributed by atoms with Crippen molar-refractivity contribution in [3.63, 3.8) is 0 Å². The van der Waals surface area contributed by atoms with Crippen molar-refractivity contribution in [1.29, 1.82) is 0 Å². The zero-order valence-electron chi connectivity index (χ0n) is 13.8. The van der Waals surface area contributed by atoms with Gasteiger partial charge in [-0.2, -0.15) is 13.2 Å². The number of H-pyrrole nitrogens is 1. The van der Waals surface area contributed by atoms with Crippen LogP contribution >= 0.6 is 0 Å². The van der Waals surface area contributed by atoms with Crippen molar-refractivity contribution in [2.24, 2.45) is 0 Å². The Labute approximate surface area is 151 Å². The van der Waals surface area contributed by atoms with Gasteiger partial charge in [0.2, 0.25) is 0 Å². The third-order valence-corrected chi connectivity index (χ3v) is 4.14. The number of hydrogen-bond acceptors (Lipinski definition) is 3. The number of amides is 1. The van der Waals surface area contributed by atoms with E-state index in [1.54, 1.807) is 18.3 Å². The monoisotopic (exact) mass is 375 g/mol. The molecule has 0 aliphatic carbocycles. The van der Waals surface area contributed by atoms with Gasteiger partial charge in [-0.3, -0.25) is 4.79 Å². The van der Waals surface area contributed by atoms with Crippen LogP contribution in [-0.2, 0) is 17.4 Å². The number of alkyl halides is 3. The lowest BCUT2D eigenvalue weighted by Gasteiger charge is -2.20. The van der Waals surface area contributed by atoms with Crippen LogP contribution in [0, 0.1) is 0 Å². The number of aromatic amines is 1. The number of hydrogen-bond donors (Lipinski definition) is 2. The van der Waals surface area contributed by atoms with Gasteiger partial charge in [-0.1, -0.05) is 24.3 Å². The fourth-order valence-corrected chi connectivity index (χ4v) is 2.79. The van der Waals surface area contributed by atoms with E-state index in [0.29, 0.717) is 11.6 Å². The summed E-state index contributed by atoms with van der Waals surface area (Å²) in [5.74, 6) is -2.45. The van der Waals surface area contributed by atoms with Crippen molar-refractivity contribution in [1.82, 2.24) is 10.3 Å². The first-order valence-electron chi connectivity index (χ1n) is 7.99. The quantitative estimate of drug-likeness (QED) is 0.718. The fourth-order valence-electron chi connectivity index (χ4n) is 2.79. The number of rotatable bonds is 5. The minimum atomic E-state index is -4.60. The maximum Gasteiger partial charge on any atom is 0.416 e. The molecule has 140 valence electrons. The van der Waals surface area contributed by atoms with E-state index in [9.17, 15) is 27.9 Å². The molecule has 0 aliphatic heterocycles. The maximum absolute atomic E-state index is 12.8. The molecule has 27 heavy (non-hydrogen) atoms. The van der Waals surface area contributed by atoms with Crippen LogP contribution in [0.2, 0.25) is 0 Å². The Morgan fingerprint density at radius 3 is 2.56 bits per heavy atom. The molecule has 0 saturated carbocycles. The number of halogens is 3. The number of carboxylic acid groups (broad SMARTS) is 1. The second-order valence-electron chi connectivity index (χ2n) is 5.99. The number of fused-ring (bicyclic) bond motifs is 1. The topological polar surface area (TPSA) is 85.0 Å². The molecule has 0 saturated heterocycles. The number of para-hydroxylation sites is 1. The second-order valence-corrected chi connectivity index (χ2v) is 5.99. The molecule has 2 N–H and O–H groups in total. The lowest BCUT2D eigenvalue weighted by molar-refractivity contribution is -0.308. The first kappa shape index (κ1) is 18.5. The summed E-state index contributed by atoms with van der Waals surface area (Å²) in [6, 6.07) is 9.59. The average Bonchev–Trinajstić information content (AvgIpc) is 3.03. The molecule has 0 fully saturated rings. The summed E-state index contributed by atoms with van der Waals surface area (Å²) in [4.78, 5) is 26.7. The molecule has 0 bridgehead atoms. The van der Waals surface area contributed by atoms with Crippen LogP contribution in [0.5, 0.6) is 0 Å². The van der Waals surface area contributed by atoms with Crippen molar-refractivity contribution in [2.45, 2.75) is 18.6 Å². The lowest BCUT2D eigenvalue weighted by atomic mass is 10.0. The van der Waals surface area contributed by atoms with Crippen molar-refractivity contribution in [3.05, 3.63) is 71.4 Å². The van der Waals surface area contributed by atoms with Crippen molar-refractivity contribution in [2.75, 3.05) is 0 Å². The molecule has 0 aliphatic rings. The van der Waals surface area contributed by atoms with Gasteiger partial charge in [-0.15, -0.1) is 0 Å². The van der Waals surface area contributed by atoms with E-state index in [0.717, 1.165) is 23.0 Å². The summed E-state index contributed by atoms with van der Waals surface area (Å²) in [6.45, 7) is 0. The van der Waals surface area contributed by atoms with E-state index in [-0.39, 0.29) is 12.0 Å². The smallest absolute Gasteiger partial charge is 0.416 e. The molecule has 1 heterocycles. The first-order chi connectivity index (χ1) is 12.8. The van der Waals surface area contributed by atoms with Gasteiger partial charge in [-0.05, 0) is 29.8 Å². The fraction of sp³-hybridized carbons (Fsp3) is 0.158. The van der Waals surface area contributed by atoms with Crippen molar-refractivity contribution >= 4 is 22.8 Å². The molecule has 3 rings (SSSR count). The van der Waals surface area contributed by atoms with Crippen LogP contribution in [0.25, 0.3) is 10.9 Å². The largest absolute Gasteiger partial charge is 0.548 e. The molecule has 2 aromatic carbocycles. The van der Waals surface area contributed by atoms with Gasteiger partial charge in [0.05, 0.1) is 17.6 Å². The predicted molar refractivity (Wildman–Crippen MR) is 89.7 cm³/mol. The Hall–Kier alpha value is -3.29. The maximum atomic E-state index is 12.8. The Balaban J connectivity index is 1.80. The predicted octanol–water partition coefficient (Wildman–Crippen LogP) is 2.28. The summed E-state index contributed by atoms with van der Waals surface area (Å²) < 4.78 is 38.3. The summed E-state index contributed by atoms with van der Waals surface area (Å²) in [5, 5.41) is 14.5. The Bertz CT molecular complexity index is 995. The number of aliphatic carboxylic acids is 1. The SMILES string of the molecule is O=C(N[C@H](Cc1c[nH]c2ccccc12)C(=O)[O-])c1cccc(C(F)(F)F)c1. The standard InChI is InChI=1S/C19H15F3N2O3/c20-19(21,22)13-5-3-4-11(8-13)17(25)24-16(18(26)27)9-12-10-23-15-7-2-1-6-14(12)15/h1-8,10,16,23H,9H2,(H,24,25)(H,26,27)/p-1/t16-/m1/s1. The zero-order valence-corrected chi connectivity index (χ0v) is 13.8. The number of carboxylic acids is 1. The number of benzene rings is 2. The molecule has 1 amide bonds. The highest BCUT2D eigenvalue weighted by Crippen LogP contribution is 2.29. The summed E-state index contributed by atoms with van der Waals surface area (Å²) in [6.07, 6.45) is -3.05. The van der Waals surface area contributed by atoms with E-state index in [4.69, 9.17) is 0 Å². The minimum Gasteiger partial charge on any atom is -0.548 e. The molecule has 1 atom stereocenters. The third kappa shape index (κ3) is 4.11. The van der Waals surface area contributed by atoms with Gasteiger partial charge in [0.1, 0.15) is 0 Å². The normalized spacial score (nSPS) is 12.7. The summed E-state index contributed by atoms with van der Waals surface area (Å²) in [5.41, 5.74) is 0.171. The Kier molecular flexibility index (Phi) is 4.89. The molecule has 0 unspecified atom stereocenters. The van der Waals surface area contributed by atoms with Crippen molar-refractivity contribution < 1.29 is 27.9 Å². The van der Waals surface area contributed by atoms with Gasteiger partial charge in [0.15, 0.2) is 0 Å². The average molecular weight is 375 g/mol. The number of carbonyl (C=O) groups excluding carboxylic acids is 2. The third-order valence-electron chi connectivity index (χ3n) is 4.14. The highest BCUT2D eigenvalue weighted by Gasteiger charge is 2.31. The Morgan fingerprint density at radius 1 is 1.11 bits per heavy atom. The molecule has 1 aromatic heterocycles. The Morgan fingerprint density at radius 2 is 1.85 bits per heavy atom. The van der Waals surface area contributed by atoms with Gasteiger partial charge < -0.3 is 20.2 Å². The zero-order chi connectivity index (χ0) is 19.6. The molecule has 0 spiro atoms. The molecule has 0 radical (unpaired) electrons. The van der Waals surface area contributed by atoms with Crippen LogP contribution in [0.15, 0.2) is 54.7 Å². The second kappa shape index (κ2) is 7.14. The van der Waals surface area contributed by atoms with E-state index >= 15 is 0 Å². The minimum absolute atomic E-state index is 0.0724. The van der Waals surface area contributed by atoms with Crippen LogP contribution in [-0.4, -0.2) is 22.9 Å². The molecule has 8 heteroatoms. The van der Waals surface area contributed by atoms with E-state index < -0.39 is 29.7 Å². The van der Waals surface area contributed by atoms with E-state index in [1.807, 2.05) is 12.1 Å². The van der Waals surface area contributed by atoms with Crippen LogP contribution < -0.4 is 10.4 Å². The molecular weight excluding hydrogens is 361 g/mol. The van der Waals surface area contributed by atoms with Gasteiger partial charge in [0.25, 0.3) is 5.91 Å². The van der Waals surface area contributed by atoms with Crippen LogP contribution in [0.1, 0.15) is 21.5 Å². The molecule has 5 nitrogen and oxygen atoms in total. The van der Waals surface area contributed by atoms with Crippen LogP contribution in [0.3, 0.4) is 0 Å². The molecule has 3 aromatic rings. The molecular formula is C19H14F3N2O3-. The van der Waals surface area contributed by atoms with Gasteiger partial charge in [0, 0.05) is 29.1 Å². The van der Waals surface area contributed by atoms with E-state index in [1.165, 1.54) is 6.07 Å². The van der Waals surface area contributed by atoms with Gasteiger partial charge >= 0.3 is 6.18 Å². The number of nitrogens with one attached hydrogen (secondary N) is 2. The highest BCUT2D eigenvalue weighted by molar-refractivity contribution is 5.96. The number of aromatic nitrogens is 1. The summed E-state index contributed by atoms with van der Waals surface area (Å²) in [7, 11) is 0. The van der Waals surface area contributed by atoms with Crippen LogP contribution in [0.4, 0.5) is 13.2 Å². The van der Waals surface area contributed by atoms with Gasteiger partial charge in [-0.25, -0.2) is 0 Å². The first-order valence-corrected chi connectivity index (χ1v) is 7.99. The van der Waals surface area contributed by atoms with E-state index in [2.05, 4.69) is 10.3 Å². The van der Waals surface area contributed by atoms with Crippen molar-refractivity contribution in [3.8, 4) is 0 Å². The number of carbonyl (C=O) groups is 2.